The van der Waals surface area contributed by atoms with Crippen LogP contribution in [0.4, 0.5) is 0 Å². The van der Waals surface area contributed by atoms with E-state index in [2.05, 4.69) is 26.1 Å². The van der Waals surface area contributed by atoms with Crippen LogP contribution in [0.3, 0.4) is 0 Å². The number of hydrogen-bond acceptors (Lipinski definition) is 3. The van der Waals surface area contributed by atoms with E-state index in [1.165, 1.54) is 12.8 Å². The average molecular weight is 241 g/mol. The first-order chi connectivity index (χ1) is 7.93. The van der Waals surface area contributed by atoms with E-state index >= 15 is 0 Å². The SMILES string of the molecule is CCNC1(CC(=O)OCC)CCC(C)(C)CC1. The van der Waals surface area contributed by atoms with Gasteiger partial charge in [0.1, 0.15) is 0 Å². The zero-order valence-corrected chi connectivity index (χ0v) is 11.8. The second-order valence-corrected chi connectivity index (χ2v) is 5.96. The molecule has 3 nitrogen and oxygen atoms in total. The molecule has 0 atom stereocenters. The van der Waals surface area contributed by atoms with Crippen molar-refractivity contribution in [1.82, 2.24) is 5.32 Å². The van der Waals surface area contributed by atoms with Crippen LogP contribution in [0.5, 0.6) is 0 Å². The summed E-state index contributed by atoms with van der Waals surface area (Å²) in [4.78, 5) is 11.7. The molecule has 0 amide bonds. The summed E-state index contributed by atoms with van der Waals surface area (Å²) in [6, 6.07) is 0. The first-order valence-electron chi connectivity index (χ1n) is 6.84. The van der Waals surface area contributed by atoms with Gasteiger partial charge in [-0.1, -0.05) is 20.8 Å². The maximum atomic E-state index is 11.7. The highest BCUT2D eigenvalue weighted by molar-refractivity contribution is 5.71. The molecule has 17 heavy (non-hydrogen) atoms. The lowest BCUT2D eigenvalue weighted by Gasteiger charge is -2.43. The van der Waals surface area contributed by atoms with E-state index < -0.39 is 0 Å². The van der Waals surface area contributed by atoms with Gasteiger partial charge in [-0.25, -0.2) is 0 Å². The molecule has 0 aromatic heterocycles. The van der Waals surface area contributed by atoms with Crippen molar-refractivity contribution < 1.29 is 9.53 Å². The van der Waals surface area contributed by atoms with Crippen LogP contribution in [0.15, 0.2) is 0 Å². The Morgan fingerprint density at radius 3 is 2.24 bits per heavy atom. The Labute approximate surface area is 105 Å². The molecule has 0 bridgehead atoms. The molecular formula is C14H27NO2. The zero-order valence-electron chi connectivity index (χ0n) is 11.8. The summed E-state index contributed by atoms with van der Waals surface area (Å²) >= 11 is 0. The number of esters is 1. The average Bonchev–Trinajstić information content (AvgIpc) is 2.24. The van der Waals surface area contributed by atoms with Crippen molar-refractivity contribution in [2.75, 3.05) is 13.2 Å². The number of rotatable bonds is 5. The van der Waals surface area contributed by atoms with Crippen molar-refractivity contribution in [1.29, 1.82) is 0 Å². The molecule has 0 unspecified atom stereocenters. The molecule has 0 spiro atoms. The van der Waals surface area contributed by atoms with E-state index in [1.54, 1.807) is 0 Å². The Hall–Kier alpha value is -0.570. The van der Waals surface area contributed by atoms with Crippen molar-refractivity contribution in [3.63, 3.8) is 0 Å². The van der Waals surface area contributed by atoms with Crippen molar-refractivity contribution in [2.45, 2.75) is 65.3 Å². The lowest BCUT2D eigenvalue weighted by Crippen LogP contribution is -2.50. The summed E-state index contributed by atoms with van der Waals surface area (Å²) < 4.78 is 5.09. The largest absolute Gasteiger partial charge is 0.466 e. The monoisotopic (exact) mass is 241 g/mol. The van der Waals surface area contributed by atoms with Gasteiger partial charge >= 0.3 is 5.97 Å². The highest BCUT2D eigenvalue weighted by Gasteiger charge is 2.39. The molecule has 0 heterocycles. The molecule has 0 aliphatic heterocycles. The highest BCUT2D eigenvalue weighted by atomic mass is 16.5. The maximum absolute atomic E-state index is 11.7. The Bertz CT molecular complexity index is 251. The van der Waals surface area contributed by atoms with Crippen molar-refractivity contribution >= 4 is 5.97 Å². The minimum absolute atomic E-state index is 0.0173. The molecule has 0 saturated heterocycles. The molecule has 0 aromatic rings. The number of ether oxygens (including phenoxy) is 1. The molecule has 1 rings (SSSR count). The van der Waals surface area contributed by atoms with Crippen LogP contribution in [-0.4, -0.2) is 24.7 Å². The maximum Gasteiger partial charge on any atom is 0.307 e. The molecule has 1 fully saturated rings. The predicted molar refractivity (Wildman–Crippen MR) is 69.9 cm³/mol. The summed E-state index contributed by atoms with van der Waals surface area (Å²) in [6.45, 7) is 9.99. The third-order valence-corrected chi connectivity index (χ3v) is 3.90. The standard InChI is InChI=1S/C14H27NO2/c1-5-15-14(11-12(16)17-6-2)9-7-13(3,4)8-10-14/h15H,5-11H2,1-4H3. The van der Waals surface area contributed by atoms with Crippen molar-refractivity contribution in [2.24, 2.45) is 5.41 Å². The Kier molecular flexibility index (Phi) is 4.99. The number of carbonyl (C=O) groups is 1. The van der Waals surface area contributed by atoms with Gasteiger partial charge in [-0.15, -0.1) is 0 Å². The van der Waals surface area contributed by atoms with Crippen LogP contribution in [-0.2, 0) is 9.53 Å². The quantitative estimate of drug-likeness (QED) is 0.752. The van der Waals surface area contributed by atoms with Crippen LogP contribution >= 0.6 is 0 Å². The van der Waals surface area contributed by atoms with Crippen molar-refractivity contribution in [3.05, 3.63) is 0 Å². The lowest BCUT2D eigenvalue weighted by atomic mass is 9.68. The van der Waals surface area contributed by atoms with E-state index in [0.717, 1.165) is 19.4 Å². The molecule has 1 N–H and O–H groups in total. The fraction of sp³-hybridized carbons (Fsp3) is 0.929. The van der Waals surface area contributed by atoms with Gasteiger partial charge in [0.15, 0.2) is 0 Å². The second-order valence-electron chi connectivity index (χ2n) is 5.96. The summed E-state index contributed by atoms with van der Waals surface area (Å²) in [5.41, 5.74) is 0.407. The smallest absolute Gasteiger partial charge is 0.307 e. The first-order valence-corrected chi connectivity index (χ1v) is 6.84. The third kappa shape index (κ3) is 4.30. The van der Waals surface area contributed by atoms with Gasteiger partial charge in [0.2, 0.25) is 0 Å². The predicted octanol–water partition coefficient (Wildman–Crippen LogP) is 2.89. The van der Waals surface area contributed by atoms with Gasteiger partial charge in [0.05, 0.1) is 13.0 Å². The van der Waals surface area contributed by atoms with Gasteiger partial charge in [-0.2, -0.15) is 0 Å². The number of hydrogen-bond donors (Lipinski definition) is 1. The molecule has 0 radical (unpaired) electrons. The van der Waals surface area contributed by atoms with Gasteiger partial charge < -0.3 is 10.1 Å². The zero-order chi connectivity index (χ0) is 12.9. The summed E-state index contributed by atoms with van der Waals surface area (Å²) in [5.74, 6) is -0.0619. The molecule has 100 valence electrons. The normalized spacial score (nSPS) is 22.1. The summed E-state index contributed by atoms with van der Waals surface area (Å²) in [6.07, 6.45) is 5.03. The van der Waals surface area contributed by atoms with Crippen LogP contribution in [0, 0.1) is 5.41 Å². The van der Waals surface area contributed by atoms with E-state index in [9.17, 15) is 4.79 Å². The second kappa shape index (κ2) is 5.85. The summed E-state index contributed by atoms with van der Waals surface area (Å²) in [7, 11) is 0. The fourth-order valence-electron chi connectivity index (χ4n) is 2.68. The van der Waals surface area contributed by atoms with Gasteiger partial charge in [-0.3, -0.25) is 4.79 Å². The lowest BCUT2D eigenvalue weighted by molar-refractivity contribution is -0.145. The van der Waals surface area contributed by atoms with E-state index in [1.807, 2.05) is 6.92 Å². The van der Waals surface area contributed by atoms with Gasteiger partial charge in [0.25, 0.3) is 0 Å². The van der Waals surface area contributed by atoms with Crippen LogP contribution in [0.2, 0.25) is 0 Å². The van der Waals surface area contributed by atoms with Gasteiger partial charge in [-0.05, 0) is 44.6 Å². The van der Waals surface area contributed by atoms with E-state index in [4.69, 9.17) is 4.74 Å². The molecule has 1 saturated carbocycles. The first kappa shape index (κ1) is 14.5. The summed E-state index contributed by atoms with van der Waals surface area (Å²) in [5, 5.41) is 3.52. The number of carbonyl (C=O) groups excluding carboxylic acids is 1. The van der Waals surface area contributed by atoms with E-state index in [-0.39, 0.29) is 11.5 Å². The van der Waals surface area contributed by atoms with Gasteiger partial charge in [0, 0.05) is 5.54 Å². The number of nitrogens with one attached hydrogen (secondary N) is 1. The topological polar surface area (TPSA) is 38.3 Å². The van der Waals surface area contributed by atoms with Crippen LogP contribution < -0.4 is 5.32 Å². The molecule has 1 aliphatic rings. The molecular weight excluding hydrogens is 214 g/mol. The molecule has 0 aromatic carbocycles. The Morgan fingerprint density at radius 2 is 1.76 bits per heavy atom. The van der Waals surface area contributed by atoms with Crippen molar-refractivity contribution in [3.8, 4) is 0 Å². The van der Waals surface area contributed by atoms with Crippen LogP contribution in [0.25, 0.3) is 0 Å². The Balaban J connectivity index is 2.61. The molecule has 3 heteroatoms. The minimum atomic E-state index is -0.0619. The van der Waals surface area contributed by atoms with Crippen LogP contribution in [0.1, 0.15) is 59.8 Å². The molecule has 1 aliphatic carbocycles. The Morgan fingerprint density at radius 1 is 1.18 bits per heavy atom. The minimum Gasteiger partial charge on any atom is -0.466 e. The highest BCUT2D eigenvalue weighted by Crippen LogP contribution is 2.41. The fourth-order valence-corrected chi connectivity index (χ4v) is 2.68. The third-order valence-electron chi connectivity index (χ3n) is 3.90. The van der Waals surface area contributed by atoms with E-state index in [0.29, 0.717) is 18.4 Å².